The molecule has 0 bridgehead atoms. The van der Waals surface area contributed by atoms with Crippen molar-refractivity contribution in [3.05, 3.63) is 58.6 Å². The van der Waals surface area contributed by atoms with E-state index in [-0.39, 0.29) is 11.9 Å². The third-order valence-corrected chi connectivity index (χ3v) is 4.29. The van der Waals surface area contributed by atoms with E-state index >= 15 is 0 Å². The van der Waals surface area contributed by atoms with Gasteiger partial charge in [-0.3, -0.25) is 4.79 Å². The largest absolute Gasteiger partial charge is 0.496 e. The van der Waals surface area contributed by atoms with Gasteiger partial charge in [-0.1, -0.05) is 30.7 Å². The van der Waals surface area contributed by atoms with Crippen molar-refractivity contribution in [2.24, 2.45) is 0 Å². The molecule has 0 fully saturated rings. The second-order valence-corrected chi connectivity index (χ2v) is 6.35. The first-order chi connectivity index (χ1) is 11.9. The van der Waals surface area contributed by atoms with Crippen LogP contribution in [-0.2, 0) is 4.79 Å². The minimum Gasteiger partial charge on any atom is -0.496 e. The maximum absolute atomic E-state index is 12.5. The molecular weight excluding hydrogens is 338 g/mol. The molecule has 0 unspecified atom stereocenters. The Morgan fingerprint density at radius 2 is 1.88 bits per heavy atom. The number of halogens is 1. The second-order valence-electron chi connectivity index (χ2n) is 5.91. The van der Waals surface area contributed by atoms with E-state index in [1.54, 1.807) is 38.3 Å². The zero-order valence-corrected chi connectivity index (χ0v) is 15.8. The zero-order valence-electron chi connectivity index (χ0n) is 15.0. The Kier molecular flexibility index (Phi) is 6.71. The van der Waals surface area contributed by atoms with Crippen molar-refractivity contribution >= 4 is 17.5 Å². The molecule has 2 aromatic rings. The third-order valence-electron chi connectivity index (χ3n) is 4.04. The molecule has 4 nitrogen and oxygen atoms in total. The average molecular weight is 362 g/mol. The fourth-order valence-electron chi connectivity index (χ4n) is 2.60. The number of methoxy groups -OCH3 is 1. The van der Waals surface area contributed by atoms with Crippen LogP contribution >= 0.6 is 11.6 Å². The van der Waals surface area contributed by atoms with Crippen LogP contribution in [0.25, 0.3) is 0 Å². The molecule has 1 amide bonds. The van der Waals surface area contributed by atoms with Crippen LogP contribution < -0.4 is 14.8 Å². The first-order valence-electron chi connectivity index (χ1n) is 8.31. The standard InChI is InChI=1S/C20H24ClNO3/c1-5-18(15-6-11-19(24-4)13(2)12-15)22-20(23)14(3)25-17-9-7-16(21)8-10-17/h6-12,14,18H,5H2,1-4H3,(H,22,23)/t14-,18-/m0/s1. The maximum atomic E-state index is 12.5. The Morgan fingerprint density at radius 3 is 2.44 bits per heavy atom. The monoisotopic (exact) mass is 361 g/mol. The maximum Gasteiger partial charge on any atom is 0.261 e. The lowest BCUT2D eigenvalue weighted by atomic mass is 10.0. The van der Waals surface area contributed by atoms with Gasteiger partial charge in [-0.05, 0) is 61.7 Å². The van der Waals surface area contributed by atoms with Crippen molar-refractivity contribution < 1.29 is 14.3 Å². The predicted octanol–water partition coefficient (Wildman–Crippen LogP) is 4.69. The van der Waals surface area contributed by atoms with Crippen molar-refractivity contribution in [1.29, 1.82) is 0 Å². The Labute approximate surface area is 154 Å². The molecule has 0 heterocycles. The summed E-state index contributed by atoms with van der Waals surface area (Å²) in [6, 6.07) is 12.8. The van der Waals surface area contributed by atoms with Gasteiger partial charge in [-0.2, -0.15) is 0 Å². The van der Waals surface area contributed by atoms with Gasteiger partial charge < -0.3 is 14.8 Å². The summed E-state index contributed by atoms with van der Waals surface area (Å²) in [6.07, 6.45) is 0.181. The van der Waals surface area contributed by atoms with Gasteiger partial charge >= 0.3 is 0 Å². The molecule has 0 saturated carbocycles. The zero-order chi connectivity index (χ0) is 18.4. The van der Waals surface area contributed by atoms with Crippen molar-refractivity contribution in [3.63, 3.8) is 0 Å². The number of ether oxygens (including phenoxy) is 2. The molecule has 0 aliphatic rings. The molecule has 0 spiro atoms. The average Bonchev–Trinajstić information content (AvgIpc) is 2.61. The van der Waals surface area contributed by atoms with E-state index in [0.717, 1.165) is 23.3 Å². The summed E-state index contributed by atoms with van der Waals surface area (Å²) in [6.45, 7) is 5.76. The van der Waals surface area contributed by atoms with Crippen LogP contribution in [0.3, 0.4) is 0 Å². The summed E-state index contributed by atoms with van der Waals surface area (Å²) in [5, 5.41) is 3.68. The summed E-state index contributed by atoms with van der Waals surface area (Å²) < 4.78 is 11.0. The highest BCUT2D eigenvalue weighted by atomic mass is 35.5. The molecule has 134 valence electrons. The lowest BCUT2D eigenvalue weighted by Gasteiger charge is -2.22. The van der Waals surface area contributed by atoms with Crippen LogP contribution in [0.2, 0.25) is 5.02 Å². The Bertz CT molecular complexity index is 715. The summed E-state index contributed by atoms with van der Waals surface area (Å²) in [5.41, 5.74) is 2.09. The lowest BCUT2D eigenvalue weighted by molar-refractivity contribution is -0.128. The molecule has 0 aromatic heterocycles. The van der Waals surface area contributed by atoms with Crippen LogP contribution in [0.4, 0.5) is 0 Å². The van der Waals surface area contributed by atoms with Gasteiger partial charge in [0.15, 0.2) is 6.10 Å². The fourth-order valence-corrected chi connectivity index (χ4v) is 2.73. The highest BCUT2D eigenvalue weighted by Gasteiger charge is 2.20. The highest BCUT2D eigenvalue weighted by molar-refractivity contribution is 6.30. The number of amides is 1. The van der Waals surface area contributed by atoms with Gasteiger partial charge in [0, 0.05) is 5.02 Å². The molecule has 0 saturated heterocycles. The normalized spacial score (nSPS) is 13.0. The molecule has 2 aromatic carbocycles. The Morgan fingerprint density at radius 1 is 1.20 bits per heavy atom. The second kappa shape index (κ2) is 8.77. The summed E-state index contributed by atoms with van der Waals surface area (Å²) in [5.74, 6) is 1.29. The molecule has 25 heavy (non-hydrogen) atoms. The molecule has 5 heteroatoms. The number of hydrogen-bond acceptors (Lipinski definition) is 3. The van der Waals surface area contributed by atoms with E-state index in [0.29, 0.717) is 10.8 Å². The number of carbonyl (C=O) groups excluding carboxylic acids is 1. The van der Waals surface area contributed by atoms with Crippen LogP contribution in [0, 0.1) is 6.92 Å². The van der Waals surface area contributed by atoms with Crippen LogP contribution in [0.5, 0.6) is 11.5 Å². The molecule has 2 rings (SSSR count). The topological polar surface area (TPSA) is 47.6 Å². The van der Waals surface area contributed by atoms with Crippen molar-refractivity contribution in [2.75, 3.05) is 7.11 Å². The first kappa shape index (κ1) is 19.1. The van der Waals surface area contributed by atoms with Gasteiger partial charge in [0.05, 0.1) is 13.2 Å². The van der Waals surface area contributed by atoms with E-state index in [2.05, 4.69) is 5.32 Å². The van der Waals surface area contributed by atoms with E-state index in [1.165, 1.54) is 0 Å². The molecule has 2 atom stereocenters. The molecule has 1 N–H and O–H groups in total. The number of carbonyl (C=O) groups is 1. The van der Waals surface area contributed by atoms with E-state index in [1.807, 2.05) is 32.0 Å². The Balaban J connectivity index is 2.03. The third kappa shape index (κ3) is 5.13. The van der Waals surface area contributed by atoms with Gasteiger partial charge in [-0.15, -0.1) is 0 Å². The first-order valence-corrected chi connectivity index (χ1v) is 8.69. The smallest absolute Gasteiger partial charge is 0.261 e. The quantitative estimate of drug-likeness (QED) is 0.778. The van der Waals surface area contributed by atoms with Crippen LogP contribution in [0.1, 0.15) is 37.4 Å². The number of aryl methyl sites for hydroxylation is 1. The highest BCUT2D eigenvalue weighted by Crippen LogP contribution is 2.24. The SMILES string of the molecule is CC[C@H](NC(=O)[C@H](C)Oc1ccc(Cl)cc1)c1ccc(OC)c(C)c1. The Hall–Kier alpha value is -2.20. The van der Waals surface area contributed by atoms with Gasteiger partial charge in [0.2, 0.25) is 0 Å². The number of benzene rings is 2. The van der Waals surface area contributed by atoms with Crippen molar-refractivity contribution in [3.8, 4) is 11.5 Å². The van der Waals surface area contributed by atoms with Crippen LogP contribution in [0.15, 0.2) is 42.5 Å². The summed E-state index contributed by atoms with van der Waals surface area (Å²) >= 11 is 5.86. The number of nitrogens with one attached hydrogen (secondary N) is 1. The van der Waals surface area contributed by atoms with Crippen molar-refractivity contribution in [2.45, 2.75) is 39.3 Å². The van der Waals surface area contributed by atoms with E-state index < -0.39 is 6.10 Å². The molecule has 0 aliphatic carbocycles. The number of hydrogen-bond donors (Lipinski definition) is 1. The molecular formula is C20H24ClNO3. The number of rotatable bonds is 7. The molecule has 0 radical (unpaired) electrons. The molecule has 0 aliphatic heterocycles. The minimum absolute atomic E-state index is 0.0756. The minimum atomic E-state index is -0.602. The van der Waals surface area contributed by atoms with Crippen LogP contribution in [-0.4, -0.2) is 19.1 Å². The van der Waals surface area contributed by atoms with Gasteiger partial charge in [0.1, 0.15) is 11.5 Å². The summed E-state index contributed by atoms with van der Waals surface area (Å²) in [4.78, 5) is 12.5. The predicted molar refractivity (Wildman–Crippen MR) is 100 cm³/mol. The van der Waals surface area contributed by atoms with Crippen molar-refractivity contribution in [1.82, 2.24) is 5.32 Å². The fraction of sp³-hybridized carbons (Fsp3) is 0.350. The van der Waals surface area contributed by atoms with Gasteiger partial charge in [0.25, 0.3) is 5.91 Å². The van der Waals surface area contributed by atoms with Gasteiger partial charge in [-0.25, -0.2) is 0 Å². The summed E-state index contributed by atoms with van der Waals surface area (Å²) in [7, 11) is 1.65. The lowest BCUT2D eigenvalue weighted by Crippen LogP contribution is -2.38. The van der Waals surface area contributed by atoms with E-state index in [4.69, 9.17) is 21.1 Å². The van der Waals surface area contributed by atoms with E-state index in [9.17, 15) is 4.79 Å².